The number of nitrogens with zero attached hydrogens (tertiary/aromatic N) is 1. The van der Waals surface area contributed by atoms with Crippen molar-refractivity contribution < 1.29 is 4.79 Å². The number of piperidine rings is 1. The average molecular weight is 252 g/mol. The summed E-state index contributed by atoms with van der Waals surface area (Å²) in [6.45, 7) is 7.08. The van der Waals surface area contributed by atoms with Gasteiger partial charge < -0.3 is 10.6 Å². The van der Waals surface area contributed by atoms with Crippen molar-refractivity contribution >= 4 is 5.91 Å². The van der Waals surface area contributed by atoms with Gasteiger partial charge in [0.25, 0.3) is 0 Å². The van der Waals surface area contributed by atoms with Crippen LogP contribution in [0.3, 0.4) is 0 Å². The monoisotopic (exact) mass is 252 g/mol. The molecule has 2 rings (SSSR count). The molecule has 1 aliphatic carbocycles. The van der Waals surface area contributed by atoms with E-state index in [0.717, 1.165) is 18.9 Å². The van der Waals surface area contributed by atoms with E-state index < -0.39 is 0 Å². The highest BCUT2D eigenvalue weighted by Gasteiger charge is 2.39. The number of amides is 1. The molecule has 1 saturated heterocycles. The minimum Gasteiger partial charge on any atom is -0.338 e. The van der Waals surface area contributed by atoms with E-state index in [-0.39, 0.29) is 17.4 Å². The van der Waals surface area contributed by atoms with Gasteiger partial charge in [0.2, 0.25) is 5.91 Å². The summed E-state index contributed by atoms with van der Waals surface area (Å²) in [7, 11) is 0. The molecule has 0 aromatic rings. The van der Waals surface area contributed by atoms with Crippen LogP contribution in [0.2, 0.25) is 0 Å². The topological polar surface area (TPSA) is 46.3 Å². The summed E-state index contributed by atoms with van der Waals surface area (Å²) in [5.74, 6) is 0.919. The summed E-state index contributed by atoms with van der Waals surface area (Å²) in [6.07, 6.45) is 7.57. The van der Waals surface area contributed by atoms with Crippen molar-refractivity contribution in [2.24, 2.45) is 17.1 Å². The highest BCUT2D eigenvalue weighted by molar-refractivity contribution is 5.83. The first-order valence-corrected chi connectivity index (χ1v) is 7.47. The van der Waals surface area contributed by atoms with Gasteiger partial charge in [0, 0.05) is 12.6 Å². The predicted octanol–water partition coefficient (Wildman–Crippen LogP) is 2.54. The van der Waals surface area contributed by atoms with Gasteiger partial charge >= 0.3 is 0 Å². The van der Waals surface area contributed by atoms with Crippen LogP contribution in [-0.4, -0.2) is 29.4 Å². The van der Waals surface area contributed by atoms with Gasteiger partial charge in [0.1, 0.15) is 0 Å². The summed E-state index contributed by atoms with van der Waals surface area (Å²) in [5.41, 5.74) is 6.02. The zero-order valence-electron chi connectivity index (χ0n) is 12.1. The van der Waals surface area contributed by atoms with Crippen molar-refractivity contribution in [2.45, 2.75) is 71.4 Å². The molecular weight excluding hydrogens is 224 g/mol. The summed E-state index contributed by atoms with van der Waals surface area (Å²) in [5, 5.41) is 0. The van der Waals surface area contributed by atoms with Gasteiger partial charge in [0.15, 0.2) is 0 Å². The largest absolute Gasteiger partial charge is 0.338 e. The molecule has 1 saturated carbocycles. The van der Waals surface area contributed by atoms with Crippen molar-refractivity contribution in [1.29, 1.82) is 0 Å². The van der Waals surface area contributed by atoms with Crippen LogP contribution in [0.4, 0.5) is 0 Å². The summed E-state index contributed by atoms with van der Waals surface area (Å²) in [6, 6.07) is 0.117. The van der Waals surface area contributed by atoms with Crippen molar-refractivity contribution in [2.75, 3.05) is 6.54 Å². The molecule has 0 radical (unpaired) electrons. The predicted molar refractivity (Wildman–Crippen MR) is 74.1 cm³/mol. The molecule has 3 heteroatoms. The lowest BCUT2D eigenvalue weighted by atomic mass is 9.77. The van der Waals surface area contributed by atoms with Gasteiger partial charge in [-0.3, -0.25) is 4.79 Å². The minimum atomic E-state index is -0.363. The standard InChI is InChI=1S/C15H28N2O/c1-15(2,3)13(16)14(18)17-10-6-8-11-7-4-5-9-12(11)17/h11-13H,4-10,16H2,1-3H3/t11?,12?,13-/m1/s1. The van der Waals surface area contributed by atoms with Crippen LogP contribution in [0.1, 0.15) is 59.3 Å². The Balaban J connectivity index is 2.09. The molecule has 104 valence electrons. The number of nitrogens with two attached hydrogens (primary N) is 1. The van der Waals surface area contributed by atoms with E-state index in [1.807, 2.05) is 0 Å². The van der Waals surface area contributed by atoms with Gasteiger partial charge in [-0.1, -0.05) is 33.6 Å². The second-order valence-corrected chi connectivity index (χ2v) is 7.13. The van der Waals surface area contributed by atoms with Gasteiger partial charge in [-0.05, 0) is 37.0 Å². The molecule has 0 aromatic carbocycles. The maximum Gasteiger partial charge on any atom is 0.240 e. The van der Waals surface area contributed by atoms with Crippen LogP contribution in [0.5, 0.6) is 0 Å². The van der Waals surface area contributed by atoms with Gasteiger partial charge in [-0.15, -0.1) is 0 Å². The van der Waals surface area contributed by atoms with E-state index in [1.165, 1.54) is 32.1 Å². The van der Waals surface area contributed by atoms with Gasteiger partial charge in [-0.2, -0.15) is 0 Å². The first-order chi connectivity index (χ1) is 8.41. The fourth-order valence-electron chi connectivity index (χ4n) is 3.45. The Morgan fingerprint density at radius 3 is 2.44 bits per heavy atom. The SMILES string of the molecule is CC(C)(C)[C@H](N)C(=O)N1CCCC2CCCCC21. The Morgan fingerprint density at radius 1 is 1.17 bits per heavy atom. The molecule has 2 unspecified atom stereocenters. The number of hydrogen-bond acceptors (Lipinski definition) is 2. The first kappa shape index (κ1) is 13.9. The molecule has 3 atom stereocenters. The quantitative estimate of drug-likeness (QED) is 0.779. The normalized spacial score (nSPS) is 30.8. The molecule has 1 aliphatic heterocycles. The Morgan fingerprint density at radius 2 is 1.78 bits per heavy atom. The summed E-state index contributed by atoms with van der Waals surface area (Å²) < 4.78 is 0. The van der Waals surface area contributed by atoms with E-state index in [1.54, 1.807) is 0 Å². The molecule has 2 N–H and O–H groups in total. The third-order valence-corrected chi connectivity index (χ3v) is 4.73. The fourth-order valence-corrected chi connectivity index (χ4v) is 3.45. The Labute approximate surface area is 111 Å². The van der Waals surface area contributed by atoms with Gasteiger partial charge in [-0.25, -0.2) is 0 Å². The molecule has 2 fully saturated rings. The average Bonchev–Trinajstić information content (AvgIpc) is 2.35. The van der Waals surface area contributed by atoms with Crippen LogP contribution in [0.15, 0.2) is 0 Å². The third kappa shape index (κ3) is 2.71. The maximum absolute atomic E-state index is 12.6. The van der Waals surface area contributed by atoms with E-state index in [2.05, 4.69) is 25.7 Å². The number of fused-ring (bicyclic) bond motifs is 1. The second-order valence-electron chi connectivity index (χ2n) is 7.13. The lowest BCUT2D eigenvalue weighted by Crippen LogP contribution is -2.57. The van der Waals surface area contributed by atoms with E-state index in [4.69, 9.17) is 5.73 Å². The molecule has 0 aromatic heterocycles. The molecule has 2 aliphatic rings. The van der Waals surface area contributed by atoms with Crippen molar-refractivity contribution in [3.05, 3.63) is 0 Å². The third-order valence-electron chi connectivity index (χ3n) is 4.73. The van der Waals surface area contributed by atoms with Gasteiger partial charge in [0.05, 0.1) is 6.04 Å². The zero-order valence-corrected chi connectivity index (χ0v) is 12.1. The highest BCUT2D eigenvalue weighted by Crippen LogP contribution is 2.36. The van der Waals surface area contributed by atoms with Crippen molar-refractivity contribution in [3.63, 3.8) is 0 Å². The molecule has 0 spiro atoms. The molecule has 18 heavy (non-hydrogen) atoms. The minimum absolute atomic E-state index is 0.140. The maximum atomic E-state index is 12.6. The Kier molecular flexibility index (Phi) is 4.00. The van der Waals surface area contributed by atoms with E-state index in [0.29, 0.717) is 6.04 Å². The fraction of sp³-hybridized carbons (Fsp3) is 0.933. The van der Waals surface area contributed by atoms with Crippen molar-refractivity contribution in [1.82, 2.24) is 4.90 Å². The summed E-state index contributed by atoms with van der Waals surface area (Å²) in [4.78, 5) is 14.7. The Hall–Kier alpha value is -0.570. The van der Waals surface area contributed by atoms with Crippen LogP contribution in [0.25, 0.3) is 0 Å². The molecule has 3 nitrogen and oxygen atoms in total. The molecule has 1 amide bonds. The number of carbonyl (C=O) groups excluding carboxylic acids is 1. The number of hydrogen-bond donors (Lipinski definition) is 1. The molecule has 0 bridgehead atoms. The van der Waals surface area contributed by atoms with E-state index in [9.17, 15) is 4.79 Å². The molecule has 1 heterocycles. The number of rotatable bonds is 1. The van der Waals surface area contributed by atoms with E-state index >= 15 is 0 Å². The zero-order chi connectivity index (χ0) is 13.3. The van der Waals surface area contributed by atoms with Crippen LogP contribution in [0, 0.1) is 11.3 Å². The van der Waals surface area contributed by atoms with Crippen LogP contribution in [-0.2, 0) is 4.79 Å². The number of carbonyl (C=O) groups is 1. The van der Waals surface area contributed by atoms with Crippen LogP contribution < -0.4 is 5.73 Å². The highest BCUT2D eigenvalue weighted by atomic mass is 16.2. The lowest BCUT2D eigenvalue weighted by molar-refractivity contribution is -0.141. The Bertz CT molecular complexity index is 306. The van der Waals surface area contributed by atoms with Crippen LogP contribution >= 0.6 is 0 Å². The lowest BCUT2D eigenvalue weighted by Gasteiger charge is -2.46. The second kappa shape index (κ2) is 5.20. The smallest absolute Gasteiger partial charge is 0.240 e. The molecular formula is C15H28N2O. The number of likely N-dealkylation sites (tertiary alicyclic amines) is 1. The summed E-state index contributed by atoms with van der Waals surface area (Å²) >= 11 is 0. The van der Waals surface area contributed by atoms with Crippen molar-refractivity contribution in [3.8, 4) is 0 Å². The first-order valence-electron chi connectivity index (χ1n) is 7.47.